The number of hydrogen-bond donors (Lipinski definition) is 2. The minimum atomic E-state index is -4.34. The SMILES string of the molecule is CCC1(CNc2ccc(C(F)(F)F)cc2N)CC1. The molecule has 1 fully saturated rings. The molecule has 0 spiro atoms. The molecule has 0 saturated heterocycles. The minimum Gasteiger partial charge on any atom is -0.397 e. The number of nitrogen functional groups attached to an aromatic ring is 1. The normalized spacial score (nSPS) is 17.6. The summed E-state index contributed by atoms with van der Waals surface area (Å²) in [5, 5.41) is 3.15. The van der Waals surface area contributed by atoms with E-state index < -0.39 is 11.7 Å². The molecule has 1 saturated carbocycles. The van der Waals surface area contributed by atoms with Crippen molar-refractivity contribution in [1.82, 2.24) is 0 Å². The second-order valence-corrected chi connectivity index (χ2v) is 5.01. The van der Waals surface area contributed by atoms with Gasteiger partial charge >= 0.3 is 6.18 Å². The molecular weight excluding hydrogens is 241 g/mol. The zero-order valence-corrected chi connectivity index (χ0v) is 10.3. The van der Waals surface area contributed by atoms with Crippen LogP contribution >= 0.6 is 0 Å². The number of anilines is 2. The number of alkyl halides is 3. The number of benzene rings is 1. The molecule has 18 heavy (non-hydrogen) atoms. The molecule has 0 atom stereocenters. The highest BCUT2D eigenvalue weighted by Gasteiger charge is 2.40. The number of rotatable bonds is 4. The molecule has 100 valence electrons. The summed E-state index contributed by atoms with van der Waals surface area (Å²) in [5.74, 6) is 0. The summed E-state index contributed by atoms with van der Waals surface area (Å²) >= 11 is 0. The van der Waals surface area contributed by atoms with Crippen LogP contribution in [0.3, 0.4) is 0 Å². The van der Waals surface area contributed by atoms with Crippen LogP contribution in [0, 0.1) is 5.41 Å². The Morgan fingerprint density at radius 2 is 2.00 bits per heavy atom. The fourth-order valence-electron chi connectivity index (χ4n) is 2.01. The van der Waals surface area contributed by atoms with E-state index in [1.54, 1.807) is 0 Å². The van der Waals surface area contributed by atoms with E-state index in [2.05, 4.69) is 12.2 Å². The van der Waals surface area contributed by atoms with Crippen molar-refractivity contribution in [2.75, 3.05) is 17.6 Å². The monoisotopic (exact) mass is 258 g/mol. The summed E-state index contributed by atoms with van der Waals surface area (Å²) in [5.41, 5.74) is 6.00. The Bertz CT molecular complexity index is 436. The Morgan fingerprint density at radius 3 is 2.44 bits per heavy atom. The van der Waals surface area contributed by atoms with E-state index in [-0.39, 0.29) is 5.69 Å². The molecule has 1 aliphatic rings. The first-order chi connectivity index (χ1) is 8.36. The van der Waals surface area contributed by atoms with E-state index in [9.17, 15) is 13.2 Å². The highest BCUT2D eigenvalue weighted by Crippen LogP contribution is 2.48. The van der Waals surface area contributed by atoms with Crippen molar-refractivity contribution >= 4 is 11.4 Å². The molecule has 0 aliphatic heterocycles. The summed E-state index contributed by atoms with van der Waals surface area (Å²) in [7, 11) is 0. The quantitative estimate of drug-likeness (QED) is 0.804. The maximum Gasteiger partial charge on any atom is 0.416 e. The van der Waals surface area contributed by atoms with Gasteiger partial charge in [0.05, 0.1) is 16.9 Å². The lowest BCUT2D eigenvalue weighted by Gasteiger charge is -2.17. The fraction of sp³-hybridized carbons (Fsp3) is 0.538. The number of hydrogen-bond acceptors (Lipinski definition) is 2. The maximum absolute atomic E-state index is 12.5. The Kier molecular flexibility index (Phi) is 3.17. The van der Waals surface area contributed by atoms with Gasteiger partial charge in [-0.05, 0) is 42.9 Å². The third-order valence-electron chi connectivity index (χ3n) is 3.74. The minimum absolute atomic E-state index is 0.150. The van der Waals surface area contributed by atoms with E-state index in [0.29, 0.717) is 11.1 Å². The molecule has 0 heterocycles. The molecule has 0 radical (unpaired) electrons. The van der Waals surface area contributed by atoms with E-state index in [1.165, 1.54) is 18.9 Å². The molecule has 1 aromatic rings. The standard InChI is InChI=1S/C13H17F3N2/c1-2-12(5-6-12)8-18-11-4-3-9(7-10(11)17)13(14,15)16/h3-4,7,18H,2,5-6,8,17H2,1H3. The fourth-order valence-corrected chi connectivity index (χ4v) is 2.01. The third-order valence-corrected chi connectivity index (χ3v) is 3.74. The van der Waals surface area contributed by atoms with E-state index in [1.807, 2.05) is 0 Å². The van der Waals surface area contributed by atoms with Crippen LogP contribution < -0.4 is 11.1 Å². The molecule has 2 nitrogen and oxygen atoms in total. The Hall–Kier alpha value is -1.39. The molecule has 0 unspecified atom stereocenters. The first-order valence-corrected chi connectivity index (χ1v) is 6.07. The third kappa shape index (κ3) is 2.71. The highest BCUT2D eigenvalue weighted by molar-refractivity contribution is 5.67. The second-order valence-electron chi connectivity index (χ2n) is 5.01. The van der Waals surface area contributed by atoms with Gasteiger partial charge in [0, 0.05) is 6.54 Å². The zero-order valence-electron chi connectivity index (χ0n) is 10.3. The van der Waals surface area contributed by atoms with Gasteiger partial charge in [-0.15, -0.1) is 0 Å². The lowest BCUT2D eigenvalue weighted by Crippen LogP contribution is -2.15. The molecule has 1 aliphatic carbocycles. The molecule has 5 heteroatoms. The van der Waals surface area contributed by atoms with E-state index in [0.717, 1.165) is 25.1 Å². The maximum atomic E-state index is 12.5. The van der Waals surface area contributed by atoms with Gasteiger partial charge in [-0.25, -0.2) is 0 Å². The second kappa shape index (κ2) is 4.37. The molecule has 0 aromatic heterocycles. The van der Waals surface area contributed by atoms with Gasteiger partial charge in [0.1, 0.15) is 0 Å². The average molecular weight is 258 g/mol. The lowest BCUT2D eigenvalue weighted by atomic mass is 10.0. The molecule has 0 amide bonds. The van der Waals surface area contributed by atoms with Crippen LogP contribution in [0.25, 0.3) is 0 Å². The lowest BCUT2D eigenvalue weighted by molar-refractivity contribution is -0.137. The van der Waals surface area contributed by atoms with Crippen LogP contribution in [0.15, 0.2) is 18.2 Å². The van der Waals surface area contributed by atoms with Crippen LogP contribution in [0.1, 0.15) is 31.7 Å². The summed E-state index contributed by atoms with van der Waals surface area (Å²) in [6.45, 7) is 2.91. The molecule has 3 N–H and O–H groups in total. The van der Waals surface area contributed by atoms with Crippen molar-refractivity contribution in [2.24, 2.45) is 5.41 Å². The Morgan fingerprint density at radius 1 is 1.33 bits per heavy atom. The smallest absolute Gasteiger partial charge is 0.397 e. The predicted molar refractivity (Wildman–Crippen MR) is 66.3 cm³/mol. The first-order valence-electron chi connectivity index (χ1n) is 6.07. The van der Waals surface area contributed by atoms with Gasteiger partial charge in [0.25, 0.3) is 0 Å². The van der Waals surface area contributed by atoms with Gasteiger partial charge in [0.15, 0.2) is 0 Å². The average Bonchev–Trinajstić information content (AvgIpc) is 3.07. The van der Waals surface area contributed by atoms with Crippen molar-refractivity contribution in [3.05, 3.63) is 23.8 Å². The largest absolute Gasteiger partial charge is 0.416 e. The number of nitrogens with two attached hydrogens (primary N) is 1. The predicted octanol–water partition coefficient (Wildman–Crippen LogP) is 3.89. The summed E-state index contributed by atoms with van der Waals surface area (Å²) in [6, 6.07) is 3.45. The van der Waals surface area contributed by atoms with Gasteiger partial charge in [0.2, 0.25) is 0 Å². The van der Waals surface area contributed by atoms with Crippen molar-refractivity contribution in [3.63, 3.8) is 0 Å². The molecule has 1 aromatic carbocycles. The van der Waals surface area contributed by atoms with E-state index >= 15 is 0 Å². The molecular formula is C13H17F3N2. The van der Waals surface area contributed by atoms with Crippen LogP contribution in [0.2, 0.25) is 0 Å². The highest BCUT2D eigenvalue weighted by atomic mass is 19.4. The Balaban J connectivity index is 2.06. The zero-order chi connectivity index (χ0) is 13.4. The van der Waals surface area contributed by atoms with Crippen molar-refractivity contribution in [3.8, 4) is 0 Å². The van der Waals surface area contributed by atoms with Crippen LogP contribution in [-0.4, -0.2) is 6.54 Å². The summed E-state index contributed by atoms with van der Waals surface area (Å²) < 4.78 is 37.4. The topological polar surface area (TPSA) is 38.0 Å². The number of nitrogens with one attached hydrogen (secondary N) is 1. The summed E-state index contributed by atoms with van der Waals surface area (Å²) in [4.78, 5) is 0. The number of halogens is 3. The Labute approximate surface area is 104 Å². The van der Waals surface area contributed by atoms with Crippen LogP contribution in [-0.2, 0) is 6.18 Å². The van der Waals surface area contributed by atoms with Crippen molar-refractivity contribution < 1.29 is 13.2 Å². The van der Waals surface area contributed by atoms with Gasteiger partial charge < -0.3 is 11.1 Å². The van der Waals surface area contributed by atoms with Crippen LogP contribution in [0.4, 0.5) is 24.5 Å². The van der Waals surface area contributed by atoms with Crippen molar-refractivity contribution in [1.29, 1.82) is 0 Å². The van der Waals surface area contributed by atoms with E-state index in [4.69, 9.17) is 5.73 Å². The van der Waals surface area contributed by atoms with Gasteiger partial charge in [-0.2, -0.15) is 13.2 Å². The molecule has 2 rings (SSSR count). The van der Waals surface area contributed by atoms with Crippen LogP contribution in [0.5, 0.6) is 0 Å². The van der Waals surface area contributed by atoms with Gasteiger partial charge in [-0.3, -0.25) is 0 Å². The van der Waals surface area contributed by atoms with Crippen molar-refractivity contribution in [2.45, 2.75) is 32.4 Å². The molecule has 0 bridgehead atoms. The van der Waals surface area contributed by atoms with Gasteiger partial charge in [-0.1, -0.05) is 6.92 Å². The summed E-state index contributed by atoms with van der Waals surface area (Å²) in [6.07, 6.45) is -0.900. The first kappa shape index (κ1) is 13.1.